The molecule has 0 bridgehead atoms. The Kier molecular flexibility index (Phi) is 4.62. The van der Waals surface area contributed by atoms with E-state index in [0.717, 1.165) is 25.9 Å². The first-order valence-electron chi connectivity index (χ1n) is 7.27. The van der Waals surface area contributed by atoms with Gasteiger partial charge in [0, 0.05) is 13.1 Å². The second-order valence-electron chi connectivity index (χ2n) is 6.09. The van der Waals surface area contributed by atoms with Crippen molar-refractivity contribution in [3.63, 3.8) is 0 Å². The highest BCUT2D eigenvalue weighted by Gasteiger charge is 2.24. The third-order valence-electron chi connectivity index (χ3n) is 4.00. The smallest absolute Gasteiger partial charge is 0.246 e. The Labute approximate surface area is 111 Å². The van der Waals surface area contributed by atoms with Crippen LogP contribution in [0.1, 0.15) is 39.5 Å². The van der Waals surface area contributed by atoms with E-state index < -0.39 is 0 Å². The summed E-state index contributed by atoms with van der Waals surface area (Å²) in [6.07, 6.45) is 13.1. The molecule has 2 heteroatoms. The van der Waals surface area contributed by atoms with Crippen molar-refractivity contribution >= 4 is 5.91 Å². The third kappa shape index (κ3) is 3.72. The van der Waals surface area contributed by atoms with Crippen molar-refractivity contribution in [3.05, 3.63) is 24.3 Å². The maximum Gasteiger partial charge on any atom is 0.246 e. The Morgan fingerprint density at radius 3 is 2.56 bits per heavy atom. The Morgan fingerprint density at radius 1 is 1.22 bits per heavy atom. The van der Waals surface area contributed by atoms with Crippen molar-refractivity contribution in [1.29, 1.82) is 0 Å². The van der Waals surface area contributed by atoms with Crippen LogP contribution in [0.5, 0.6) is 0 Å². The third-order valence-corrected chi connectivity index (χ3v) is 4.00. The summed E-state index contributed by atoms with van der Waals surface area (Å²) in [6, 6.07) is 0. The number of nitrogens with zero attached hydrogens (tertiary/aromatic N) is 1. The molecule has 0 aromatic heterocycles. The van der Waals surface area contributed by atoms with Crippen molar-refractivity contribution in [2.45, 2.75) is 39.5 Å². The lowest BCUT2D eigenvalue weighted by molar-refractivity contribution is -0.128. The zero-order chi connectivity index (χ0) is 13.0. The van der Waals surface area contributed by atoms with E-state index in [9.17, 15) is 4.79 Å². The molecule has 100 valence electrons. The van der Waals surface area contributed by atoms with E-state index in [-0.39, 0.29) is 5.91 Å². The minimum atomic E-state index is 0.211. The van der Waals surface area contributed by atoms with E-state index in [4.69, 9.17) is 0 Å². The van der Waals surface area contributed by atoms with E-state index in [1.807, 2.05) is 11.0 Å². The highest BCUT2D eigenvalue weighted by molar-refractivity contribution is 5.87. The van der Waals surface area contributed by atoms with Gasteiger partial charge in [0.05, 0.1) is 0 Å². The van der Waals surface area contributed by atoms with E-state index in [1.165, 1.54) is 12.8 Å². The Morgan fingerprint density at radius 2 is 1.94 bits per heavy atom. The number of amides is 1. The average molecular weight is 247 g/mol. The summed E-state index contributed by atoms with van der Waals surface area (Å²) in [4.78, 5) is 14.2. The van der Waals surface area contributed by atoms with Gasteiger partial charge in [0.15, 0.2) is 0 Å². The largest absolute Gasteiger partial charge is 0.339 e. The molecular formula is C16H25NO. The first-order chi connectivity index (χ1) is 8.65. The molecule has 1 heterocycles. The lowest BCUT2D eigenvalue weighted by Crippen LogP contribution is -2.41. The minimum absolute atomic E-state index is 0.211. The van der Waals surface area contributed by atoms with Crippen LogP contribution in [-0.2, 0) is 4.79 Å². The van der Waals surface area contributed by atoms with Crippen molar-refractivity contribution in [3.8, 4) is 0 Å². The molecular weight excluding hydrogens is 222 g/mol. The van der Waals surface area contributed by atoms with Gasteiger partial charge < -0.3 is 4.90 Å². The molecule has 0 N–H and O–H groups in total. The molecule has 3 unspecified atom stereocenters. The predicted molar refractivity (Wildman–Crippen MR) is 75.1 cm³/mol. The molecule has 1 aliphatic carbocycles. The van der Waals surface area contributed by atoms with Crippen LogP contribution in [0.15, 0.2) is 24.3 Å². The lowest BCUT2D eigenvalue weighted by atomic mass is 9.91. The summed E-state index contributed by atoms with van der Waals surface area (Å²) in [6.45, 7) is 6.34. The van der Waals surface area contributed by atoms with E-state index in [1.54, 1.807) is 0 Å². The summed E-state index contributed by atoms with van der Waals surface area (Å²) in [7, 11) is 0. The second kappa shape index (κ2) is 6.21. The Bertz CT molecular complexity index is 335. The Balaban J connectivity index is 1.86. The number of piperidine rings is 1. The number of likely N-dealkylation sites (tertiary alicyclic amines) is 1. The molecule has 0 spiro atoms. The number of hydrogen-bond donors (Lipinski definition) is 0. The van der Waals surface area contributed by atoms with Crippen LogP contribution >= 0.6 is 0 Å². The fourth-order valence-electron chi connectivity index (χ4n) is 3.16. The van der Waals surface area contributed by atoms with Crippen LogP contribution in [0.25, 0.3) is 0 Å². The summed E-state index contributed by atoms with van der Waals surface area (Å²) in [5, 5.41) is 0. The van der Waals surface area contributed by atoms with Crippen molar-refractivity contribution in [1.82, 2.24) is 4.90 Å². The normalized spacial score (nSPS) is 33.0. The van der Waals surface area contributed by atoms with E-state index >= 15 is 0 Å². The molecule has 1 saturated heterocycles. The van der Waals surface area contributed by atoms with Gasteiger partial charge in [0.25, 0.3) is 0 Å². The van der Waals surface area contributed by atoms with E-state index in [2.05, 4.69) is 32.1 Å². The van der Waals surface area contributed by atoms with Gasteiger partial charge in [-0.25, -0.2) is 0 Å². The monoisotopic (exact) mass is 247 g/mol. The van der Waals surface area contributed by atoms with Gasteiger partial charge in [-0.2, -0.15) is 0 Å². The van der Waals surface area contributed by atoms with Crippen LogP contribution in [0.3, 0.4) is 0 Å². The number of carbonyl (C=O) groups excluding carboxylic acids is 1. The minimum Gasteiger partial charge on any atom is -0.339 e. The van der Waals surface area contributed by atoms with Gasteiger partial charge in [0.2, 0.25) is 5.91 Å². The van der Waals surface area contributed by atoms with Crippen LogP contribution in [0, 0.1) is 17.8 Å². The summed E-state index contributed by atoms with van der Waals surface area (Å²) < 4.78 is 0. The maximum atomic E-state index is 12.2. The average Bonchev–Trinajstić information content (AvgIpc) is 2.36. The van der Waals surface area contributed by atoms with Crippen molar-refractivity contribution in [2.75, 3.05) is 13.1 Å². The molecule has 3 atom stereocenters. The number of rotatable bonds is 2. The fourth-order valence-corrected chi connectivity index (χ4v) is 3.16. The summed E-state index contributed by atoms with van der Waals surface area (Å²) >= 11 is 0. The lowest BCUT2D eigenvalue weighted by Gasteiger charge is -2.34. The summed E-state index contributed by atoms with van der Waals surface area (Å²) in [5.41, 5.74) is 0. The molecule has 0 aromatic carbocycles. The van der Waals surface area contributed by atoms with Gasteiger partial charge in [-0.15, -0.1) is 0 Å². The van der Waals surface area contributed by atoms with Gasteiger partial charge in [-0.3, -0.25) is 4.79 Å². The molecule has 0 radical (unpaired) electrons. The SMILES string of the molecule is CC1CC(C)CN(C(=O)C=CC2CC=CCC2)C1. The van der Waals surface area contributed by atoms with Gasteiger partial charge in [-0.1, -0.05) is 32.1 Å². The summed E-state index contributed by atoms with van der Waals surface area (Å²) in [5.74, 6) is 2.06. The van der Waals surface area contributed by atoms with Gasteiger partial charge in [-0.05, 0) is 49.5 Å². The highest BCUT2D eigenvalue weighted by atomic mass is 16.2. The van der Waals surface area contributed by atoms with Crippen molar-refractivity contribution < 1.29 is 4.79 Å². The molecule has 2 rings (SSSR count). The molecule has 0 saturated carbocycles. The maximum absolute atomic E-state index is 12.2. The molecule has 1 fully saturated rings. The highest BCUT2D eigenvalue weighted by Crippen LogP contribution is 2.22. The second-order valence-corrected chi connectivity index (χ2v) is 6.09. The quantitative estimate of drug-likeness (QED) is 0.541. The zero-order valence-electron chi connectivity index (χ0n) is 11.6. The topological polar surface area (TPSA) is 20.3 Å². The Hall–Kier alpha value is -1.05. The molecule has 0 aromatic rings. The van der Waals surface area contributed by atoms with Gasteiger partial charge in [0.1, 0.15) is 0 Å². The van der Waals surface area contributed by atoms with Crippen LogP contribution < -0.4 is 0 Å². The van der Waals surface area contributed by atoms with Crippen LogP contribution in [0.2, 0.25) is 0 Å². The zero-order valence-corrected chi connectivity index (χ0v) is 11.6. The molecule has 18 heavy (non-hydrogen) atoms. The van der Waals surface area contributed by atoms with E-state index in [0.29, 0.717) is 17.8 Å². The number of allylic oxidation sites excluding steroid dienone is 3. The molecule has 2 nitrogen and oxygen atoms in total. The first kappa shape index (κ1) is 13.4. The molecule has 2 aliphatic rings. The van der Waals surface area contributed by atoms with Gasteiger partial charge >= 0.3 is 0 Å². The predicted octanol–water partition coefficient (Wildman–Crippen LogP) is 3.40. The standard InChI is InChI=1S/C16H25NO/c1-13-10-14(2)12-17(11-13)16(18)9-8-15-6-4-3-5-7-15/h3-4,8-9,13-15H,5-7,10-12H2,1-2H3. The fraction of sp³-hybridized carbons (Fsp3) is 0.688. The van der Waals surface area contributed by atoms with Crippen LogP contribution in [-0.4, -0.2) is 23.9 Å². The van der Waals surface area contributed by atoms with Crippen LogP contribution in [0.4, 0.5) is 0 Å². The first-order valence-corrected chi connectivity index (χ1v) is 7.27. The van der Waals surface area contributed by atoms with Crippen molar-refractivity contribution in [2.24, 2.45) is 17.8 Å². The molecule has 1 amide bonds. The molecule has 1 aliphatic heterocycles. The number of hydrogen-bond acceptors (Lipinski definition) is 1. The number of carbonyl (C=O) groups is 1.